The van der Waals surface area contributed by atoms with E-state index >= 15 is 0 Å². The predicted octanol–water partition coefficient (Wildman–Crippen LogP) is 1.13. The molecule has 0 radical (unpaired) electrons. The van der Waals surface area contributed by atoms with Crippen molar-refractivity contribution in [1.29, 1.82) is 0 Å². The van der Waals surface area contributed by atoms with E-state index in [9.17, 15) is 13.6 Å². The minimum atomic E-state index is -2.47. The van der Waals surface area contributed by atoms with Gasteiger partial charge in [0.1, 0.15) is 6.61 Å². The largest absolute Gasteiger partial charge is 0.481 e. The van der Waals surface area contributed by atoms with Crippen molar-refractivity contribution in [3.63, 3.8) is 0 Å². The average molecular weight is 168 g/mol. The Kier molecular flexibility index (Phi) is 5.64. The maximum Gasteiger partial charge on any atom is 0.303 e. The number of rotatable bonds is 6. The highest BCUT2D eigenvalue weighted by Gasteiger charge is 2.01. The summed E-state index contributed by atoms with van der Waals surface area (Å²) in [6.45, 7) is -0.531. The van der Waals surface area contributed by atoms with Gasteiger partial charge >= 0.3 is 5.97 Å². The second kappa shape index (κ2) is 6.03. The van der Waals surface area contributed by atoms with Crippen molar-refractivity contribution in [1.82, 2.24) is 0 Å². The summed E-state index contributed by atoms with van der Waals surface area (Å²) in [4.78, 5) is 9.89. The van der Waals surface area contributed by atoms with Gasteiger partial charge in [0.25, 0.3) is 6.43 Å². The van der Waals surface area contributed by atoms with E-state index in [1.54, 1.807) is 0 Å². The minimum absolute atomic E-state index is 0.0385. The molecule has 0 bridgehead atoms. The highest BCUT2D eigenvalue weighted by atomic mass is 19.3. The van der Waals surface area contributed by atoms with Gasteiger partial charge in [-0.2, -0.15) is 0 Å². The molecule has 0 unspecified atom stereocenters. The fourth-order valence-electron chi connectivity index (χ4n) is 0.498. The maximum absolute atomic E-state index is 11.4. The molecule has 0 saturated carbocycles. The van der Waals surface area contributed by atoms with Crippen LogP contribution in [-0.4, -0.2) is 30.7 Å². The monoisotopic (exact) mass is 168 g/mol. The van der Waals surface area contributed by atoms with Crippen LogP contribution in [0.4, 0.5) is 8.78 Å². The third-order valence-corrected chi connectivity index (χ3v) is 0.923. The van der Waals surface area contributed by atoms with E-state index in [2.05, 4.69) is 4.74 Å². The molecule has 0 heterocycles. The standard InChI is InChI=1S/C6H10F2O3/c7-5(8)4-11-3-1-2-6(9)10/h5H,1-4H2,(H,9,10). The van der Waals surface area contributed by atoms with Gasteiger partial charge in [0, 0.05) is 13.0 Å². The number of carboxylic acid groups (broad SMARTS) is 1. The van der Waals surface area contributed by atoms with Crippen molar-refractivity contribution < 1.29 is 23.4 Å². The first-order valence-electron chi connectivity index (χ1n) is 3.20. The summed E-state index contributed by atoms with van der Waals surface area (Å²) in [5.41, 5.74) is 0. The Morgan fingerprint density at radius 1 is 1.55 bits per heavy atom. The van der Waals surface area contributed by atoms with Crippen LogP contribution in [0, 0.1) is 0 Å². The number of ether oxygens (including phenoxy) is 1. The smallest absolute Gasteiger partial charge is 0.303 e. The second-order valence-corrected chi connectivity index (χ2v) is 1.96. The van der Waals surface area contributed by atoms with Crippen molar-refractivity contribution >= 4 is 5.97 Å². The van der Waals surface area contributed by atoms with Crippen molar-refractivity contribution in [3.05, 3.63) is 0 Å². The van der Waals surface area contributed by atoms with E-state index < -0.39 is 19.0 Å². The van der Waals surface area contributed by atoms with Crippen molar-refractivity contribution in [2.75, 3.05) is 13.2 Å². The Labute approximate surface area is 63.0 Å². The summed E-state index contributed by atoms with van der Waals surface area (Å²) in [6, 6.07) is 0. The number of alkyl halides is 2. The van der Waals surface area contributed by atoms with E-state index in [-0.39, 0.29) is 19.4 Å². The van der Waals surface area contributed by atoms with Crippen molar-refractivity contribution in [3.8, 4) is 0 Å². The van der Waals surface area contributed by atoms with Gasteiger partial charge in [0.15, 0.2) is 0 Å². The van der Waals surface area contributed by atoms with Gasteiger partial charge in [-0.05, 0) is 6.42 Å². The van der Waals surface area contributed by atoms with Crippen molar-refractivity contribution in [2.24, 2.45) is 0 Å². The lowest BCUT2D eigenvalue weighted by atomic mass is 10.3. The normalized spacial score (nSPS) is 10.5. The maximum atomic E-state index is 11.4. The van der Waals surface area contributed by atoms with E-state index in [0.29, 0.717) is 0 Å². The summed E-state index contributed by atoms with van der Waals surface area (Å²) < 4.78 is 27.2. The van der Waals surface area contributed by atoms with Gasteiger partial charge < -0.3 is 9.84 Å². The molecule has 0 aliphatic rings. The van der Waals surface area contributed by atoms with Crippen LogP contribution in [0.2, 0.25) is 0 Å². The first kappa shape index (κ1) is 10.3. The number of halogens is 2. The average Bonchev–Trinajstić information content (AvgIpc) is 1.85. The molecule has 0 fully saturated rings. The molecule has 0 aliphatic heterocycles. The third kappa shape index (κ3) is 9.29. The fraction of sp³-hybridized carbons (Fsp3) is 0.833. The summed E-state index contributed by atoms with van der Waals surface area (Å²) in [6.07, 6.45) is -2.23. The second-order valence-electron chi connectivity index (χ2n) is 1.96. The molecule has 5 heteroatoms. The van der Waals surface area contributed by atoms with E-state index in [0.717, 1.165) is 0 Å². The molecule has 11 heavy (non-hydrogen) atoms. The zero-order valence-corrected chi connectivity index (χ0v) is 5.93. The summed E-state index contributed by atoms with van der Waals surface area (Å²) in [5.74, 6) is -0.939. The lowest BCUT2D eigenvalue weighted by molar-refractivity contribution is -0.137. The van der Waals surface area contributed by atoms with Crippen LogP contribution in [0.15, 0.2) is 0 Å². The first-order valence-corrected chi connectivity index (χ1v) is 3.20. The SMILES string of the molecule is O=C(O)CCCOCC(F)F. The van der Waals surface area contributed by atoms with Crippen LogP contribution in [0.25, 0.3) is 0 Å². The Morgan fingerprint density at radius 3 is 2.64 bits per heavy atom. The lowest BCUT2D eigenvalue weighted by Gasteiger charge is -2.00. The molecule has 0 rings (SSSR count). The van der Waals surface area contributed by atoms with Crippen LogP contribution in [0.5, 0.6) is 0 Å². The Balaban J connectivity index is 2.97. The summed E-state index contributed by atoms with van der Waals surface area (Å²) in [5, 5.41) is 8.12. The predicted molar refractivity (Wildman–Crippen MR) is 33.7 cm³/mol. The topological polar surface area (TPSA) is 46.5 Å². The molecule has 0 spiro atoms. The summed E-state index contributed by atoms with van der Waals surface area (Å²) in [7, 11) is 0. The van der Waals surface area contributed by atoms with Crippen LogP contribution >= 0.6 is 0 Å². The number of carboxylic acids is 1. The zero-order chi connectivity index (χ0) is 8.69. The van der Waals surface area contributed by atoms with Gasteiger partial charge in [-0.25, -0.2) is 8.78 Å². The molecule has 0 atom stereocenters. The minimum Gasteiger partial charge on any atom is -0.481 e. The molecule has 0 aromatic carbocycles. The van der Waals surface area contributed by atoms with Crippen LogP contribution in [-0.2, 0) is 9.53 Å². The number of aliphatic carboxylic acids is 1. The highest BCUT2D eigenvalue weighted by Crippen LogP contribution is 1.95. The lowest BCUT2D eigenvalue weighted by Crippen LogP contribution is -2.06. The van der Waals surface area contributed by atoms with Crippen molar-refractivity contribution in [2.45, 2.75) is 19.3 Å². The van der Waals surface area contributed by atoms with Crippen LogP contribution in [0.1, 0.15) is 12.8 Å². The molecule has 1 N–H and O–H groups in total. The summed E-state index contributed by atoms with van der Waals surface area (Å²) >= 11 is 0. The molecule has 66 valence electrons. The van der Waals surface area contributed by atoms with Gasteiger partial charge in [-0.3, -0.25) is 4.79 Å². The zero-order valence-electron chi connectivity index (χ0n) is 5.93. The number of carbonyl (C=O) groups is 1. The fourth-order valence-corrected chi connectivity index (χ4v) is 0.498. The quantitative estimate of drug-likeness (QED) is 0.605. The first-order chi connectivity index (χ1) is 5.13. The molecule has 3 nitrogen and oxygen atoms in total. The molecule has 0 saturated heterocycles. The molecule has 0 amide bonds. The molecule has 0 aromatic heterocycles. The van der Waals surface area contributed by atoms with Gasteiger partial charge in [-0.1, -0.05) is 0 Å². The van der Waals surface area contributed by atoms with E-state index in [4.69, 9.17) is 5.11 Å². The van der Waals surface area contributed by atoms with Gasteiger partial charge in [-0.15, -0.1) is 0 Å². The molecule has 0 aromatic rings. The Hall–Kier alpha value is -0.710. The third-order valence-electron chi connectivity index (χ3n) is 0.923. The number of hydrogen-bond donors (Lipinski definition) is 1. The highest BCUT2D eigenvalue weighted by molar-refractivity contribution is 5.66. The van der Waals surface area contributed by atoms with Gasteiger partial charge in [0.05, 0.1) is 0 Å². The van der Waals surface area contributed by atoms with Crippen LogP contribution < -0.4 is 0 Å². The Morgan fingerprint density at radius 2 is 2.18 bits per heavy atom. The van der Waals surface area contributed by atoms with E-state index in [1.807, 2.05) is 0 Å². The molecular formula is C6H10F2O3. The Bertz CT molecular complexity index is 116. The molecule has 0 aliphatic carbocycles. The van der Waals surface area contributed by atoms with Gasteiger partial charge in [0.2, 0.25) is 0 Å². The molecular weight excluding hydrogens is 158 g/mol. The van der Waals surface area contributed by atoms with Crippen LogP contribution in [0.3, 0.4) is 0 Å². The number of hydrogen-bond acceptors (Lipinski definition) is 2. The van der Waals surface area contributed by atoms with E-state index in [1.165, 1.54) is 0 Å².